The number of urea groups is 1. The Bertz CT molecular complexity index is 425. The highest BCUT2D eigenvalue weighted by Gasteiger charge is 2.32. The molecule has 1 aromatic carbocycles. The van der Waals surface area contributed by atoms with E-state index in [0.717, 1.165) is 6.07 Å². The van der Waals surface area contributed by atoms with Gasteiger partial charge in [0.05, 0.1) is 5.69 Å². The molecule has 0 heterocycles. The van der Waals surface area contributed by atoms with Crippen LogP contribution in [0.25, 0.3) is 0 Å². The van der Waals surface area contributed by atoms with Crippen molar-refractivity contribution in [2.24, 2.45) is 5.84 Å². The number of hydrogen-bond donors (Lipinski definition) is 3. The van der Waals surface area contributed by atoms with Crippen LogP contribution in [0, 0.1) is 0 Å². The van der Waals surface area contributed by atoms with Gasteiger partial charge in [-0.15, -0.1) is 13.2 Å². The molecule has 0 saturated carbocycles. The standard InChI is InChI=1S/C8H7BrF3N3O2/c9-4-1-2-5(14-7(16)15-13)6(3-4)17-8(10,11)12/h1-3H,13H2,(H2,14,15,16). The molecule has 0 radical (unpaired) electrons. The minimum atomic E-state index is -4.85. The van der Waals surface area contributed by atoms with Crippen LogP contribution in [0.1, 0.15) is 0 Å². The van der Waals surface area contributed by atoms with Crippen LogP contribution in [0.5, 0.6) is 5.75 Å². The Morgan fingerprint density at radius 2 is 2.06 bits per heavy atom. The van der Waals surface area contributed by atoms with Crippen LogP contribution >= 0.6 is 15.9 Å². The van der Waals surface area contributed by atoms with E-state index in [1.807, 2.05) is 0 Å². The molecule has 17 heavy (non-hydrogen) atoms. The first-order valence-electron chi connectivity index (χ1n) is 4.15. The van der Waals surface area contributed by atoms with E-state index >= 15 is 0 Å². The van der Waals surface area contributed by atoms with Crippen LogP contribution in [-0.4, -0.2) is 12.4 Å². The zero-order valence-corrected chi connectivity index (χ0v) is 9.72. The molecule has 1 rings (SSSR count). The van der Waals surface area contributed by atoms with Crippen molar-refractivity contribution < 1.29 is 22.7 Å². The van der Waals surface area contributed by atoms with Crippen molar-refractivity contribution in [2.45, 2.75) is 6.36 Å². The van der Waals surface area contributed by atoms with Crippen molar-refractivity contribution in [3.63, 3.8) is 0 Å². The van der Waals surface area contributed by atoms with Crippen molar-refractivity contribution in [3.05, 3.63) is 22.7 Å². The van der Waals surface area contributed by atoms with E-state index < -0.39 is 18.1 Å². The summed E-state index contributed by atoms with van der Waals surface area (Å²) < 4.78 is 40.4. The summed E-state index contributed by atoms with van der Waals surface area (Å²) in [7, 11) is 0. The van der Waals surface area contributed by atoms with Gasteiger partial charge in [0.15, 0.2) is 5.75 Å². The molecule has 0 unspecified atom stereocenters. The minimum Gasteiger partial charge on any atom is -0.404 e. The smallest absolute Gasteiger partial charge is 0.404 e. The number of alkyl halides is 3. The molecule has 0 atom stereocenters. The van der Waals surface area contributed by atoms with Crippen molar-refractivity contribution in [2.75, 3.05) is 5.32 Å². The molecule has 2 amide bonds. The van der Waals surface area contributed by atoms with Crippen molar-refractivity contribution in [1.29, 1.82) is 0 Å². The first kappa shape index (κ1) is 13.6. The lowest BCUT2D eigenvalue weighted by atomic mass is 10.3. The molecule has 94 valence electrons. The number of hydrogen-bond acceptors (Lipinski definition) is 3. The maximum Gasteiger partial charge on any atom is 0.573 e. The molecule has 9 heteroatoms. The summed E-state index contributed by atoms with van der Waals surface area (Å²) in [6, 6.07) is 2.88. The normalized spacial score (nSPS) is 10.9. The van der Waals surface area contributed by atoms with Gasteiger partial charge in [-0.3, -0.25) is 5.43 Å². The van der Waals surface area contributed by atoms with Gasteiger partial charge in [0.25, 0.3) is 0 Å². The summed E-state index contributed by atoms with van der Waals surface area (Å²) in [6.45, 7) is 0. The molecular formula is C8H7BrF3N3O2. The fraction of sp³-hybridized carbons (Fsp3) is 0.125. The summed E-state index contributed by atoms with van der Waals surface area (Å²) in [5.41, 5.74) is 1.56. The number of hydrazine groups is 1. The second-order valence-electron chi connectivity index (χ2n) is 2.79. The van der Waals surface area contributed by atoms with Crippen LogP contribution in [0.15, 0.2) is 22.7 Å². The Morgan fingerprint density at radius 3 is 2.59 bits per heavy atom. The second-order valence-corrected chi connectivity index (χ2v) is 3.70. The van der Waals surface area contributed by atoms with E-state index in [4.69, 9.17) is 5.84 Å². The van der Waals surface area contributed by atoms with E-state index in [2.05, 4.69) is 26.0 Å². The summed E-state index contributed by atoms with van der Waals surface area (Å²) in [5.74, 6) is 4.25. The van der Waals surface area contributed by atoms with Gasteiger partial charge in [-0.2, -0.15) is 0 Å². The molecule has 0 aromatic heterocycles. The van der Waals surface area contributed by atoms with Gasteiger partial charge in [0.2, 0.25) is 0 Å². The number of halogens is 4. The predicted molar refractivity (Wildman–Crippen MR) is 57.2 cm³/mol. The quantitative estimate of drug-likeness (QED) is 0.445. The average molecular weight is 314 g/mol. The highest BCUT2D eigenvalue weighted by atomic mass is 79.9. The summed E-state index contributed by atoms with van der Waals surface area (Å²) >= 11 is 2.99. The van der Waals surface area contributed by atoms with E-state index in [-0.39, 0.29) is 5.69 Å². The molecule has 0 aliphatic heterocycles. The van der Waals surface area contributed by atoms with Crippen LogP contribution in [0.3, 0.4) is 0 Å². The number of amides is 2. The molecule has 0 saturated heterocycles. The van der Waals surface area contributed by atoms with Crippen LogP contribution in [0.2, 0.25) is 0 Å². The summed E-state index contributed by atoms with van der Waals surface area (Å²) in [6.07, 6.45) is -4.85. The third-order valence-corrected chi connectivity index (χ3v) is 2.04. The minimum absolute atomic E-state index is 0.159. The Morgan fingerprint density at radius 1 is 1.41 bits per heavy atom. The molecule has 0 fully saturated rings. The lowest BCUT2D eigenvalue weighted by molar-refractivity contribution is -0.274. The van der Waals surface area contributed by atoms with E-state index in [1.165, 1.54) is 12.1 Å². The largest absolute Gasteiger partial charge is 0.573 e. The lowest BCUT2D eigenvalue weighted by Crippen LogP contribution is -2.34. The van der Waals surface area contributed by atoms with E-state index in [9.17, 15) is 18.0 Å². The molecule has 0 aliphatic carbocycles. The number of benzene rings is 1. The Kier molecular flexibility index (Phi) is 4.18. The summed E-state index contributed by atoms with van der Waals surface area (Å²) in [4.78, 5) is 10.9. The molecule has 0 aliphatic rings. The highest BCUT2D eigenvalue weighted by Crippen LogP contribution is 2.32. The van der Waals surface area contributed by atoms with Crippen molar-refractivity contribution >= 4 is 27.6 Å². The number of nitrogens with one attached hydrogen (secondary N) is 2. The molecule has 4 N–H and O–H groups in total. The van der Waals surface area contributed by atoms with Crippen molar-refractivity contribution in [3.8, 4) is 5.75 Å². The van der Waals surface area contributed by atoms with Crippen LogP contribution in [-0.2, 0) is 0 Å². The monoisotopic (exact) mass is 313 g/mol. The molecule has 0 spiro atoms. The first-order chi connectivity index (χ1) is 7.81. The topological polar surface area (TPSA) is 76.4 Å². The van der Waals surface area contributed by atoms with Gasteiger partial charge in [-0.1, -0.05) is 15.9 Å². The first-order valence-corrected chi connectivity index (χ1v) is 4.94. The zero-order valence-electron chi connectivity index (χ0n) is 8.14. The van der Waals surface area contributed by atoms with Crippen LogP contribution in [0.4, 0.5) is 23.7 Å². The highest BCUT2D eigenvalue weighted by molar-refractivity contribution is 9.10. The van der Waals surface area contributed by atoms with Gasteiger partial charge >= 0.3 is 12.4 Å². The van der Waals surface area contributed by atoms with Crippen LogP contribution < -0.4 is 21.3 Å². The third-order valence-electron chi connectivity index (χ3n) is 1.55. The van der Waals surface area contributed by atoms with Gasteiger partial charge in [0.1, 0.15) is 0 Å². The maximum absolute atomic E-state index is 12.1. The van der Waals surface area contributed by atoms with Crippen molar-refractivity contribution in [1.82, 2.24) is 5.43 Å². The predicted octanol–water partition coefficient (Wildman–Crippen LogP) is 2.34. The van der Waals surface area contributed by atoms with E-state index in [1.54, 1.807) is 5.43 Å². The fourth-order valence-corrected chi connectivity index (χ4v) is 1.31. The van der Waals surface area contributed by atoms with Gasteiger partial charge in [-0.25, -0.2) is 10.6 Å². The number of ether oxygens (including phenoxy) is 1. The Labute approximate surface area is 102 Å². The maximum atomic E-state index is 12.1. The number of carbonyl (C=O) groups is 1. The third kappa shape index (κ3) is 4.49. The Balaban J connectivity index is 2.99. The number of anilines is 1. The average Bonchev–Trinajstić information content (AvgIpc) is 2.19. The molecule has 1 aromatic rings. The van der Waals surface area contributed by atoms with Gasteiger partial charge in [0, 0.05) is 4.47 Å². The number of carbonyl (C=O) groups excluding carboxylic acids is 1. The zero-order chi connectivity index (χ0) is 13.1. The molecular weight excluding hydrogens is 307 g/mol. The Hall–Kier alpha value is -1.48. The number of rotatable bonds is 2. The summed E-state index contributed by atoms with van der Waals surface area (Å²) in [5, 5.41) is 2.09. The van der Waals surface area contributed by atoms with E-state index in [0.29, 0.717) is 4.47 Å². The fourth-order valence-electron chi connectivity index (χ4n) is 0.967. The van der Waals surface area contributed by atoms with Gasteiger partial charge in [-0.05, 0) is 18.2 Å². The SMILES string of the molecule is NNC(=O)Nc1ccc(Br)cc1OC(F)(F)F. The second kappa shape index (κ2) is 5.23. The lowest BCUT2D eigenvalue weighted by Gasteiger charge is -2.14. The molecule has 5 nitrogen and oxygen atoms in total. The number of nitrogens with two attached hydrogens (primary N) is 1. The van der Waals surface area contributed by atoms with Gasteiger partial charge < -0.3 is 10.1 Å². The molecule has 0 bridgehead atoms.